The van der Waals surface area contributed by atoms with Gasteiger partial charge < -0.3 is 10.1 Å². The molecule has 0 saturated heterocycles. The molecule has 2 aromatic rings. The number of pyridine rings is 1. The van der Waals surface area contributed by atoms with Gasteiger partial charge in [0.1, 0.15) is 11.4 Å². The molecule has 1 aliphatic heterocycles. The van der Waals surface area contributed by atoms with Gasteiger partial charge in [0.15, 0.2) is 0 Å². The second-order valence-corrected chi connectivity index (χ2v) is 6.23. The average molecular weight is 326 g/mol. The minimum atomic E-state index is -0.731. The molecule has 0 atom stereocenters. The summed E-state index contributed by atoms with van der Waals surface area (Å²) in [7, 11) is 1.86. The molecule has 0 bridgehead atoms. The molecule has 0 unspecified atom stereocenters. The van der Waals surface area contributed by atoms with E-state index in [2.05, 4.69) is 16.4 Å². The van der Waals surface area contributed by atoms with Crippen LogP contribution < -0.4 is 10.1 Å². The van der Waals surface area contributed by atoms with E-state index in [0.717, 1.165) is 22.6 Å². The molecule has 0 amide bonds. The summed E-state index contributed by atoms with van der Waals surface area (Å²) in [6.07, 6.45) is 1.59. The fraction of sp³-hybridized carbons (Fsp3) is 0.222. The van der Waals surface area contributed by atoms with E-state index < -0.39 is 5.60 Å². The molecular formula is C18H16ClN3O. The number of anilines is 1. The summed E-state index contributed by atoms with van der Waals surface area (Å²) in [5.74, 6) is 0.729. The first-order valence-electron chi connectivity index (χ1n) is 7.24. The van der Waals surface area contributed by atoms with E-state index in [1.807, 2.05) is 45.2 Å². The zero-order chi connectivity index (χ0) is 16.6. The molecule has 5 heteroatoms. The summed E-state index contributed by atoms with van der Waals surface area (Å²) < 4.78 is 6.07. The van der Waals surface area contributed by atoms with Gasteiger partial charge in [0.05, 0.1) is 22.4 Å². The fourth-order valence-electron chi connectivity index (χ4n) is 2.71. The number of nitrogens with one attached hydrogen (secondary N) is 1. The van der Waals surface area contributed by atoms with Crippen molar-refractivity contribution in [2.24, 2.45) is 0 Å². The van der Waals surface area contributed by atoms with Crippen LogP contribution in [0.4, 0.5) is 5.69 Å². The van der Waals surface area contributed by atoms with Gasteiger partial charge in [0, 0.05) is 36.1 Å². The SMILES string of the molecule is CNc1ccc2c(c1)OC(C)(C)C(C#N)=C2c1ccc(Cl)cn1. The molecular weight excluding hydrogens is 310 g/mol. The van der Waals surface area contributed by atoms with Crippen LogP contribution in [0.15, 0.2) is 42.1 Å². The van der Waals surface area contributed by atoms with E-state index in [-0.39, 0.29) is 0 Å². The van der Waals surface area contributed by atoms with Gasteiger partial charge >= 0.3 is 0 Å². The van der Waals surface area contributed by atoms with Gasteiger partial charge in [-0.15, -0.1) is 0 Å². The average Bonchev–Trinajstić information content (AvgIpc) is 2.53. The van der Waals surface area contributed by atoms with Crippen LogP contribution in [0.3, 0.4) is 0 Å². The van der Waals surface area contributed by atoms with E-state index in [4.69, 9.17) is 16.3 Å². The van der Waals surface area contributed by atoms with Crippen molar-refractivity contribution in [3.05, 3.63) is 58.4 Å². The zero-order valence-corrected chi connectivity index (χ0v) is 13.9. The summed E-state index contributed by atoms with van der Waals surface area (Å²) in [5, 5.41) is 13.3. The maximum atomic E-state index is 9.69. The quantitative estimate of drug-likeness (QED) is 0.895. The lowest BCUT2D eigenvalue weighted by atomic mass is 9.85. The van der Waals surface area contributed by atoms with E-state index >= 15 is 0 Å². The zero-order valence-electron chi connectivity index (χ0n) is 13.1. The Hall–Kier alpha value is -2.51. The maximum Gasteiger partial charge on any atom is 0.139 e. The van der Waals surface area contributed by atoms with Crippen molar-refractivity contribution in [1.82, 2.24) is 4.98 Å². The van der Waals surface area contributed by atoms with Gasteiger partial charge in [-0.1, -0.05) is 11.6 Å². The van der Waals surface area contributed by atoms with Crippen LogP contribution in [0.5, 0.6) is 5.75 Å². The third-order valence-corrected chi connectivity index (χ3v) is 4.08. The number of hydrogen-bond acceptors (Lipinski definition) is 4. The molecule has 0 aliphatic carbocycles. The first kappa shape index (κ1) is 15.4. The van der Waals surface area contributed by atoms with Gasteiger partial charge in [-0.05, 0) is 38.1 Å². The number of nitrogens with zero attached hydrogens (tertiary/aromatic N) is 2. The van der Waals surface area contributed by atoms with Crippen molar-refractivity contribution >= 4 is 22.9 Å². The Morgan fingerprint density at radius 3 is 2.65 bits per heavy atom. The minimum Gasteiger partial charge on any atom is -0.482 e. The predicted octanol–water partition coefficient (Wildman–Crippen LogP) is 4.27. The normalized spacial score (nSPS) is 15.4. The number of hydrogen-bond donors (Lipinski definition) is 1. The molecule has 1 aromatic carbocycles. The number of fused-ring (bicyclic) bond motifs is 1. The number of aromatic nitrogens is 1. The second kappa shape index (κ2) is 5.60. The van der Waals surface area contributed by atoms with E-state index in [1.165, 1.54) is 0 Å². The number of halogens is 1. The van der Waals surface area contributed by atoms with Crippen molar-refractivity contribution in [2.75, 3.05) is 12.4 Å². The minimum absolute atomic E-state index is 0.553. The summed E-state index contributed by atoms with van der Waals surface area (Å²) >= 11 is 5.94. The Labute approximate surface area is 140 Å². The maximum absolute atomic E-state index is 9.69. The number of rotatable bonds is 2. The summed E-state index contributed by atoms with van der Waals surface area (Å²) in [4.78, 5) is 4.40. The molecule has 2 heterocycles. The van der Waals surface area contributed by atoms with Crippen LogP contribution in [0, 0.1) is 11.3 Å². The molecule has 23 heavy (non-hydrogen) atoms. The third-order valence-electron chi connectivity index (χ3n) is 3.85. The largest absolute Gasteiger partial charge is 0.482 e. The van der Waals surface area contributed by atoms with Gasteiger partial charge in [0.25, 0.3) is 0 Å². The molecule has 0 radical (unpaired) electrons. The van der Waals surface area contributed by atoms with Crippen molar-refractivity contribution in [2.45, 2.75) is 19.4 Å². The van der Waals surface area contributed by atoms with E-state index in [0.29, 0.717) is 16.3 Å². The van der Waals surface area contributed by atoms with E-state index in [1.54, 1.807) is 12.3 Å². The highest BCUT2D eigenvalue weighted by atomic mass is 35.5. The number of benzene rings is 1. The predicted molar refractivity (Wildman–Crippen MR) is 91.6 cm³/mol. The van der Waals surface area contributed by atoms with Gasteiger partial charge in [-0.25, -0.2) is 0 Å². The van der Waals surface area contributed by atoms with Gasteiger partial charge in [-0.3, -0.25) is 4.98 Å². The second-order valence-electron chi connectivity index (χ2n) is 5.80. The lowest BCUT2D eigenvalue weighted by molar-refractivity contribution is 0.149. The van der Waals surface area contributed by atoms with Gasteiger partial charge in [0.2, 0.25) is 0 Å². The standard InChI is InChI=1S/C18H16ClN3O/c1-18(2)14(9-20)17(15-7-4-11(19)10-22-15)13-6-5-12(21-3)8-16(13)23-18/h4-8,10,21H,1-3H3. The Morgan fingerprint density at radius 1 is 1.26 bits per heavy atom. The molecule has 1 aliphatic rings. The van der Waals surface area contributed by atoms with Crippen molar-refractivity contribution in [3.8, 4) is 11.8 Å². The topological polar surface area (TPSA) is 57.9 Å². The fourth-order valence-corrected chi connectivity index (χ4v) is 2.82. The molecule has 0 spiro atoms. The highest BCUT2D eigenvalue weighted by Crippen LogP contribution is 2.44. The van der Waals surface area contributed by atoms with Crippen LogP contribution in [0.25, 0.3) is 5.57 Å². The van der Waals surface area contributed by atoms with Gasteiger partial charge in [-0.2, -0.15) is 5.26 Å². The third kappa shape index (κ3) is 2.64. The molecule has 4 nitrogen and oxygen atoms in total. The molecule has 3 rings (SSSR count). The molecule has 0 saturated carbocycles. The lowest BCUT2D eigenvalue weighted by Crippen LogP contribution is -2.34. The van der Waals surface area contributed by atoms with Crippen LogP contribution in [0.2, 0.25) is 5.02 Å². The van der Waals surface area contributed by atoms with Crippen LogP contribution >= 0.6 is 11.6 Å². The first-order chi connectivity index (χ1) is 11.0. The van der Waals surface area contributed by atoms with Crippen molar-refractivity contribution in [1.29, 1.82) is 5.26 Å². The van der Waals surface area contributed by atoms with E-state index in [9.17, 15) is 5.26 Å². The Kier molecular flexibility index (Phi) is 3.75. The van der Waals surface area contributed by atoms with Crippen LogP contribution in [-0.2, 0) is 0 Å². The number of ether oxygens (including phenoxy) is 1. The molecule has 1 aromatic heterocycles. The Bertz CT molecular complexity index is 832. The Morgan fingerprint density at radius 2 is 2.04 bits per heavy atom. The Balaban J connectivity index is 2.29. The smallest absolute Gasteiger partial charge is 0.139 e. The molecule has 116 valence electrons. The van der Waals surface area contributed by atoms with Crippen molar-refractivity contribution < 1.29 is 4.74 Å². The van der Waals surface area contributed by atoms with Crippen LogP contribution in [0.1, 0.15) is 25.1 Å². The summed E-state index contributed by atoms with van der Waals surface area (Å²) in [6, 6.07) is 11.7. The number of nitriles is 1. The summed E-state index contributed by atoms with van der Waals surface area (Å²) in [6.45, 7) is 3.77. The highest BCUT2D eigenvalue weighted by Gasteiger charge is 2.36. The lowest BCUT2D eigenvalue weighted by Gasteiger charge is -2.34. The molecule has 0 fully saturated rings. The highest BCUT2D eigenvalue weighted by molar-refractivity contribution is 6.30. The van der Waals surface area contributed by atoms with Crippen LogP contribution in [-0.4, -0.2) is 17.6 Å². The first-order valence-corrected chi connectivity index (χ1v) is 7.62. The molecule has 1 N–H and O–H groups in total. The summed E-state index contributed by atoms with van der Waals surface area (Å²) in [5.41, 5.74) is 3.12. The monoisotopic (exact) mass is 325 g/mol. The van der Waals surface area contributed by atoms with Crippen molar-refractivity contribution in [3.63, 3.8) is 0 Å².